The van der Waals surface area contributed by atoms with Crippen LogP contribution in [0.15, 0.2) is 84.9 Å². The van der Waals surface area contributed by atoms with Gasteiger partial charge >= 0.3 is 5.97 Å². The number of thioether (sulfide) groups is 1. The summed E-state index contributed by atoms with van der Waals surface area (Å²) in [7, 11) is 0. The van der Waals surface area contributed by atoms with Crippen LogP contribution in [-0.2, 0) is 67.2 Å². The minimum atomic E-state index is -1.89. The average Bonchev–Trinajstić information content (AvgIpc) is 3.41. The summed E-state index contributed by atoms with van der Waals surface area (Å²) in [5.41, 5.74) is 6.99. The van der Waals surface area contributed by atoms with Crippen molar-refractivity contribution in [1.29, 1.82) is 0 Å². The second-order valence-electron chi connectivity index (χ2n) is 18.5. The van der Waals surface area contributed by atoms with Gasteiger partial charge in [0.2, 0.25) is 53.2 Å². The van der Waals surface area contributed by atoms with Crippen molar-refractivity contribution in [2.24, 2.45) is 5.73 Å². The van der Waals surface area contributed by atoms with Crippen LogP contribution < -0.4 is 53.6 Å². The third kappa shape index (κ3) is 21.9. The summed E-state index contributed by atoms with van der Waals surface area (Å²) in [5, 5.41) is 82.7. The molecular formula is C52H72N10O16S. The van der Waals surface area contributed by atoms with Crippen molar-refractivity contribution in [3.63, 3.8) is 0 Å². The molecule has 0 aliphatic heterocycles. The molecule has 79 heavy (non-hydrogen) atoms. The van der Waals surface area contributed by atoms with Crippen LogP contribution in [0.2, 0.25) is 0 Å². The maximum Gasteiger partial charge on any atom is 0.328 e. The zero-order valence-corrected chi connectivity index (χ0v) is 45.0. The van der Waals surface area contributed by atoms with E-state index in [4.69, 9.17) is 5.73 Å². The van der Waals surface area contributed by atoms with Gasteiger partial charge in [0.25, 0.3) is 0 Å². The number of benzene rings is 3. The first-order valence-electron chi connectivity index (χ1n) is 25.0. The number of hydrogen-bond acceptors (Lipinski definition) is 17. The smallest absolute Gasteiger partial charge is 0.328 e. The second kappa shape index (κ2) is 32.9. The van der Waals surface area contributed by atoms with E-state index in [-0.39, 0.29) is 31.4 Å². The van der Waals surface area contributed by atoms with Crippen LogP contribution in [-0.4, -0.2) is 188 Å². The second-order valence-corrected chi connectivity index (χ2v) is 19.5. The minimum Gasteiger partial charge on any atom is -0.508 e. The largest absolute Gasteiger partial charge is 0.508 e. The molecule has 0 bridgehead atoms. The third-order valence-corrected chi connectivity index (χ3v) is 12.7. The van der Waals surface area contributed by atoms with Crippen LogP contribution in [0.1, 0.15) is 50.8 Å². The Morgan fingerprint density at radius 2 is 0.835 bits per heavy atom. The number of carboxylic acids is 1. The molecular weight excluding hydrogens is 1050 g/mol. The minimum absolute atomic E-state index is 0.0192. The maximum atomic E-state index is 14.1. The molecule has 0 aliphatic rings. The number of amides is 9. The zero-order valence-electron chi connectivity index (χ0n) is 44.2. The SMILES string of the molecule is CSCC[C@H](NC(=O)[C@H](C)NC(=O)[C@H](Cc1ccc(O)cc1)NC(=O)[C@@H](NC(=O)[C@H](CO)NC(=O)[C@H](Cc1ccccc1)NC(=O)[C@@H](NC(=O)[C@H](Cc1ccccc1)NC(=O)CN)[C@@H](C)O)[C@@H](C)O)C(=O)N[C@H](C(=O)O)[C@@H](C)O. The Labute approximate surface area is 460 Å². The molecule has 9 amide bonds. The lowest BCUT2D eigenvalue weighted by Gasteiger charge is -2.29. The number of carbonyl (C=O) groups excluding carboxylic acids is 9. The fourth-order valence-corrected chi connectivity index (χ4v) is 8.05. The number of aliphatic hydroxyl groups excluding tert-OH is 4. The van der Waals surface area contributed by atoms with Gasteiger partial charge in [-0.25, -0.2) is 4.79 Å². The summed E-state index contributed by atoms with van der Waals surface area (Å²) in [6.07, 6.45) is -3.61. The number of nitrogens with two attached hydrogens (primary N) is 1. The standard InChI is InChI=1S/C52H72N10O16S/c1-27(44(69)56-35(20-21-79-5)45(70)62-43(30(4)66)52(77)78)54-46(71)37(24-33-16-18-34(67)19-17-33)57-51(76)42(29(3)65)61-49(74)39(26-63)59-47(72)38(23-32-14-10-7-11-15-32)58-50(75)41(28(2)64)60-48(73)36(55-40(68)25-53)22-31-12-8-6-9-13-31/h6-19,27-30,35-39,41-43,63-67H,20-26,53H2,1-5H3,(H,54,71)(H,55,68)(H,56,69)(H,57,76)(H,58,75)(H,59,72)(H,60,73)(H,61,74)(H,62,70)(H,77,78)/t27-,28+,29+,30+,35-,36-,37-,38-,39-,41-,42-,43-/m0/s1. The Morgan fingerprint density at radius 1 is 0.468 bits per heavy atom. The van der Waals surface area contributed by atoms with E-state index in [0.717, 1.165) is 13.8 Å². The molecule has 27 heteroatoms. The molecule has 0 saturated carbocycles. The van der Waals surface area contributed by atoms with Gasteiger partial charge in [0.05, 0.1) is 31.5 Å². The summed E-state index contributed by atoms with van der Waals surface area (Å²) in [6.45, 7) is 3.15. The van der Waals surface area contributed by atoms with Gasteiger partial charge in [0, 0.05) is 19.3 Å². The van der Waals surface area contributed by atoms with Gasteiger partial charge in [-0.3, -0.25) is 43.2 Å². The van der Waals surface area contributed by atoms with Crippen LogP contribution in [0.5, 0.6) is 5.75 Å². The summed E-state index contributed by atoms with van der Waals surface area (Å²) in [5.74, 6) is -10.2. The molecule has 0 radical (unpaired) electrons. The van der Waals surface area contributed by atoms with Crippen molar-refractivity contribution in [3.05, 3.63) is 102 Å². The van der Waals surface area contributed by atoms with Gasteiger partial charge in [-0.05, 0) is 74.9 Å². The van der Waals surface area contributed by atoms with Crippen molar-refractivity contribution < 1.29 is 78.6 Å². The summed E-state index contributed by atoms with van der Waals surface area (Å²) >= 11 is 1.32. The summed E-state index contributed by atoms with van der Waals surface area (Å²) in [4.78, 5) is 134. The molecule has 17 N–H and O–H groups in total. The van der Waals surface area contributed by atoms with Crippen LogP contribution in [0.25, 0.3) is 0 Å². The number of rotatable bonds is 32. The third-order valence-electron chi connectivity index (χ3n) is 12.0. The van der Waals surface area contributed by atoms with Crippen LogP contribution in [0, 0.1) is 0 Å². The number of aromatic hydroxyl groups is 1. The van der Waals surface area contributed by atoms with E-state index in [9.17, 15) is 78.6 Å². The predicted octanol–water partition coefficient (Wildman–Crippen LogP) is -4.27. The molecule has 12 atom stereocenters. The highest BCUT2D eigenvalue weighted by Crippen LogP contribution is 2.13. The molecule has 432 valence electrons. The van der Waals surface area contributed by atoms with Gasteiger partial charge in [-0.1, -0.05) is 72.8 Å². The maximum absolute atomic E-state index is 14.1. The van der Waals surface area contributed by atoms with Crippen LogP contribution >= 0.6 is 11.8 Å². The number of carboxylic acid groups (broad SMARTS) is 1. The Morgan fingerprint density at radius 3 is 1.25 bits per heavy atom. The van der Waals surface area contributed by atoms with Gasteiger partial charge in [0.1, 0.15) is 54.1 Å². The Bertz CT molecular complexity index is 2530. The molecule has 0 unspecified atom stereocenters. The Balaban J connectivity index is 1.84. The Kier molecular flexibility index (Phi) is 27.3. The lowest BCUT2D eigenvalue weighted by atomic mass is 10.0. The number of aliphatic carboxylic acids is 1. The highest BCUT2D eigenvalue weighted by atomic mass is 32.2. The van der Waals surface area contributed by atoms with E-state index < -0.39 is 145 Å². The van der Waals surface area contributed by atoms with Crippen molar-refractivity contribution in [1.82, 2.24) is 47.9 Å². The average molecular weight is 1130 g/mol. The van der Waals surface area contributed by atoms with E-state index in [0.29, 0.717) is 22.4 Å². The lowest BCUT2D eigenvalue weighted by molar-refractivity contribution is -0.145. The quantitative estimate of drug-likeness (QED) is 0.0281. The molecule has 0 saturated heterocycles. The fourth-order valence-electron chi connectivity index (χ4n) is 7.58. The summed E-state index contributed by atoms with van der Waals surface area (Å²) in [6, 6.07) is 7.93. The Hall–Kier alpha value is -7.69. The number of phenols is 1. The highest BCUT2D eigenvalue weighted by Gasteiger charge is 2.37. The monoisotopic (exact) mass is 1120 g/mol. The fraction of sp³-hybridized carbons (Fsp3) is 0.462. The molecule has 0 aromatic heterocycles. The van der Waals surface area contributed by atoms with E-state index in [2.05, 4.69) is 47.9 Å². The van der Waals surface area contributed by atoms with E-state index in [1.165, 1.54) is 49.9 Å². The number of phenolic OH excluding ortho intramolecular Hbond substituents is 1. The lowest BCUT2D eigenvalue weighted by Crippen LogP contribution is -2.63. The van der Waals surface area contributed by atoms with Crippen molar-refractivity contribution in [2.75, 3.05) is 25.2 Å². The van der Waals surface area contributed by atoms with Crippen molar-refractivity contribution >= 4 is 70.9 Å². The number of nitrogens with one attached hydrogen (secondary N) is 9. The first kappa shape index (κ1) is 65.6. The van der Waals surface area contributed by atoms with Gasteiger partial charge < -0.3 is 84.2 Å². The number of hydrogen-bond donors (Lipinski definition) is 16. The molecule has 0 fully saturated rings. The molecule has 3 aromatic carbocycles. The van der Waals surface area contributed by atoms with Crippen LogP contribution in [0.3, 0.4) is 0 Å². The molecule has 3 aromatic rings. The predicted molar refractivity (Wildman–Crippen MR) is 287 cm³/mol. The van der Waals surface area contributed by atoms with Gasteiger partial charge in [-0.15, -0.1) is 0 Å². The molecule has 0 heterocycles. The first-order chi connectivity index (χ1) is 37.4. The molecule has 3 rings (SSSR count). The zero-order chi connectivity index (χ0) is 58.9. The number of aliphatic hydroxyl groups is 4. The molecule has 0 spiro atoms. The van der Waals surface area contributed by atoms with E-state index in [1.54, 1.807) is 66.9 Å². The van der Waals surface area contributed by atoms with Gasteiger partial charge in [-0.2, -0.15) is 11.8 Å². The molecule has 26 nitrogen and oxygen atoms in total. The summed E-state index contributed by atoms with van der Waals surface area (Å²) < 4.78 is 0. The number of carbonyl (C=O) groups is 10. The molecule has 0 aliphatic carbocycles. The van der Waals surface area contributed by atoms with E-state index in [1.807, 2.05) is 0 Å². The topological polar surface area (TPSA) is 426 Å². The van der Waals surface area contributed by atoms with Crippen molar-refractivity contribution in [2.45, 2.75) is 126 Å². The first-order valence-corrected chi connectivity index (χ1v) is 26.4. The van der Waals surface area contributed by atoms with Crippen LogP contribution in [0.4, 0.5) is 0 Å². The van der Waals surface area contributed by atoms with Crippen molar-refractivity contribution in [3.8, 4) is 5.75 Å². The van der Waals surface area contributed by atoms with Gasteiger partial charge in [0.15, 0.2) is 6.04 Å². The van der Waals surface area contributed by atoms with E-state index >= 15 is 0 Å². The highest BCUT2D eigenvalue weighted by molar-refractivity contribution is 7.98. The normalized spacial score (nSPS) is 15.6.